The van der Waals surface area contributed by atoms with Gasteiger partial charge < -0.3 is 15.0 Å². The lowest BCUT2D eigenvalue weighted by Crippen LogP contribution is -2.51. The van der Waals surface area contributed by atoms with E-state index >= 15 is 0 Å². The van der Waals surface area contributed by atoms with Crippen molar-refractivity contribution in [3.63, 3.8) is 0 Å². The van der Waals surface area contributed by atoms with E-state index in [1.165, 1.54) is 0 Å². The second-order valence-electron chi connectivity index (χ2n) is 7.49. The molecule has 0 fully saturated rings. The van der Waals surface area contributed by atoms with Crippen molar-refractivity contribution < 1.29 is 14.3 Å². The predicted molar refractivity (Wildman–Crippen MR) is 116 cm³/mol. The van der Waals surface area contributed by atoms with Crippen LogP contribution in [-0.2, 0) is 22.6 Å². The van der Waals surface area contributed by atoms with Gasteiger partial charge in [-0.15, -0.1) is 0 Å². The Bertz CT molecular complexity index is 790. The first kappa shape index (κ1) is 22.5. The van der Waals surface area contributed by atoms with Crippen molar-refractivity contribution >= 4 is 11.8 Å². The summed E-state index contributed by atoms with van der Waals surface area (Å²) in [6.45, 7) is 6.19. The standard InChI is InChI=1S/C24H32N2O3/c1-5-10-23(27)26(17-20-13-9-14-21(15-20)29-4)22(24(28)25-18(2)3)16-19-11-7-6-8-12-19/h6-9,11-15,18,22H,5,10,16-17H2,1-4H3,(H,25,28). The monoisotopic (exact) mass is 396 g/mol. The molecule has 0 saturated carbocycles. The summed E-state index contributed by atoms with van der Waals surface area (Å²) in [6.07, 6.45) is 1.61. The van der Waals surface area contributed by atoms with Crippen molar-refractivity contribution in [3.8, 4) is 5.75 Å². The number of methoxy groups -OCH3 is 1. The highest BCUT2D eigenvalue weighted by molar-refractivity contribution is 5.88. The van der Waals surface area contributed by atoms with E-state index in [9.17, 15) is 9.59 Å². The summed E-state index contributed by atoms with van der Waals surface area (Å²) in [5.41, 5.74) is 1.96. The molecule has 2 amide bonds. The number of rotatable bonds is 10. The van der Waals surface area contributed by atoms with Gasteiger partial charge >= 0.3 is 0 Å². The normalized spacial score (nSPS) is 11.8. The van der Waals surface area contributed by atoms with Gasteiger partial charge in [0.2, 0.25) is 11.8 Å². The molecule has 2 aromatic rings. The fourth-order valence-corrected chi connectivity index (χ4v) is 3.26. The highest BCUT2D eigenvalue weighted by atomic mass is 16.5. The summed E-state index contributed by atoms with van der Waals surface area (Å²) in [7, 11) is 1.62. The van der Waals surface area contributed by atoms with E-state index in [4.69, 9.17) is 4.74 Å². The van der Waals surface area contributed by atoms with Gasteiger partial charge in [0.1, 0.15) is 11.8 Å². The van der Waals surface area contributed by atoms with E-state index in [0.29, 0.717) is 19.4 Å². The summed E-state index contributed by atoms with van der Waals surface area (Å²) < 4.78 is 5.32. The number of nitrogens with one attached hydrogen (secondary N) is 1. The first-order valence-electron chi connectivity index (χ1n) is 10.2. The maximum Gasteiger partial charge on any atom is 0.243 e. The van der Waals surface area contributed by atoms with E-state index in [2.05, 4.69) is 5.32 Å². The zero-order chi connectivity index (χ0) is 21.2. The van der Waals surface area contributed by atoms with Crippen LogP contribution in [0.1, 0.15) is 44.7 Å². The highest BCUT2D eigenvalue weighted by Gasteiger charge is 2.30. The van der Waals surface area contributed by atoms with Gasteiger partial charge in [-0.05, 0) is 43.5 Å². The molecule has 1 unspecified atom stereocenters. The van der Waals surface area contributed by atoms with E-state index in [1.54, 1.807) is 12.0 Å². The van der Waals surface area contributed by atoms with Crippen LogP contribution in [0.3, 0.4) is 0 Å². The van der Waals surface area contributed by atoms with Crippen LogP contribution in [0.5, 0.6) is 5.75 Å². The molecule has 2 aromatic carbocycles. The predicted octanol–water partition coefficient (Wildman–Crippen LogP) is 3.96. The molecule has 1 N–H and O–H groups in total. The van der Waals surface area contributed by atoms with Gasteiger partial charge in [0, 0.05) is 25.4 Å². The molecule has 0 aromatic heterocycles. The Hall–Kier alpha value is -2.82. The van der Waals surface area contributed by atoms with Gasteiger partial charge in [-0.3, -0.25) is 9.59 Å². The van der Waals surface area contributed by atoms with Gasteiger partial charge in [-0.2, -0.15) is 0 Å². The molecule has 0 saturated heterocycles. The van der Waals surface area contributed by atoms with Gasteiger partial charge in [0.05, 0.1) is 7.11 Å². The fourth-order valence-electron chi connectivity index (χ4n) is 3.26. The lowest BCUT2D eigenvalue weighted by molar-refractivity contribution is -0.141. The zero-order valence-corrected chi connectivity index (χ0v) is 17.9. The summed E-state index contributed by atoms with van der Waals surface area (Å²) in [4.78, 5) is 27.8. The SMILES string of the molecule is CCCC(=O)N(Cc1cccc(OC)c1)C(Cc1ccccc1)C(=O)NC(C)C. The van der Waals surface area contributed by atoms with Gasteiger partial charge in [0.25, 0.3) is 0 Å². The van der Waals surface area contributed by atoms with Crippen molar-refractivity contribution in [2.75, 3.05) is 7.11 Å². The maximum atomic E-state index is 13.1. The lowest BCUT2D eigenvalue weighted by Gasteiger charge is -2.32. The summed E-state index contributed by atoms with van der Waals surface area (Å²) >= 11 is 0. The van der Waals surface area contributed by atoms with Crippen molar-refractivity contribution in [1.82, 2.24) is 10.2 Å². The summed E-state index contributed by atoms with van der Waals surface area (Å²) in [5.74, 6) is 0.586. The Kier molecular flexibility index (Phi) is 8.71. The molecule has 0 heterocycles. The van der Waals surface area contributed by atoms with E-state index in [1.807, 2.05) is 75.4 Å². The molecular formula is C24H32N2O3. The third-order valence-electron chi connectivity index (χ3n) is 4.65. The Morgan fingerprint density at radius 3 is 2.34 bits per heavy atom. The highest BCUT2D eigenvalue weighted by Crippen LogP contribution is 2.19. The molecule has 5 heteroatoms. The Morgan fingerprint density at radius 1 is 1.03 bits per heavy atom. The fraction of sp³-hybridized carbons (Fsp3) is 0.417. The molecule has 1 atom stereocenters. The number of hydrogen-bond donors (Lipinski definition) is 1. The Labute approximate surface area is 174 Å². The van der Waals surface area contributed by atoms with Crippen molar-refractivity contribution in [1.29, 1.82) is 0 Å². The number of amides is 2. The molecule has 156 valence electrons. The second kappa shape index (κ2) is 11.2. The van der Waals surface area contributed by atoms with E-state index in [-0.39, 0.29) is 17.9 Å². The zero-order valence-electron chi connectivity index (χ0n) is 17.9. The lowest BCUT2D eigenvalue weighted by atomic mass is 10.0. The van der Waals surface area contributed by atoms with E-state index < -0.39 is 6.04 Å². The van der Waals surface area contributed by atoms with Crippen LogP contribution in [0.2, 0.25) is 0 Å². The van der Waals surface area contributed by atoms with Crippen molar-refractivity contribution in [3.05, 3.63) is 65.7 Å². The second-order valence-corrected chi connectivity index (χ2v) is 7.49. The Balaban J connectivity index is 2.38. The third kappa shape index (κ3) is 6.93. The summed E-state index contributed by atoms with van der Waals surface area (Å²) in [5, 5.41) is 2.99. The first-order chi connectivity index (χ1) is 13.9. The van der Waals surface area contributed by atoms with Crippen LogP contribution < -0.4 is 10.1 Å². The average molecular weight is 397 g/mol. The molecule has 0 aliphatic rings. The Morgan fingerprint density at radius 2 is 1.72 bits per heavy atom. The molecule has 0 spiro atoms. The number of hydrogen-bond acceptors (Lipinski definition) is 3. The van der Waals surface area contributed by atoms with E-state index in [0.717, 1.165) is 23.3 Å². The van der Waals surface area contributed by atoms with Gasteiger partial charge in [0.15, 0.2) is 0 Å². The number of carbonyl (C=O) groups excluding carboxylic acids is 2. The molecule has 0 aliphatic carbocycles. The van der Waals surface area contributed by atoms with Crippen LogP contribution in [-0.4, -0.2) is 35.9 Å². The number of carbonyl (C=O) groups is 2. The van der Waals surface area contributed by atoms with Crippen LogP contribution in [0, 0.1) is 0 Å². The minimum atomic E-state index is -0.579. The maximum absolute atomic E-state index is 13.1. The topological polar surface area (TPSA) is 58.6 Å². The smallest absolute Gasteiger partial charge is 0.243 e. The number of benzene rings is 2. The van der Waals surface area contributed by atoms with Crippen LogP contribution >= 0.6 is 0 Å². The van der Waals surface area contributed by atoms with Crippen LogP contribution in [0.15, 0.2) is 54.6 Å². The van der Waals surface area contributed by atoms with Gasteiger partial charge in [-0.25, -0.2) is 0 Å². The average Bonchev–Trinajstić information content (AvgIpc) is 2.71. The quantitative estimate of drug-likeness (QED) is 0.661. The van der Waals surface area contributed by atoms with Crippen molar-refractivity contribution in [2.45, 2.75) is 58.7 Å². The van der Waals surface area contributed by atoms with Gasteiger partial charge in [-0.1, -0.05) is 49.4 Å². The molecular weight excluding hydrogens is 364 g/mol. The molecule has 2 rings (SSSR count). The summed E-state index contributed by atoms with van der Waals surface area (Å²) in [6, 6.07) is 16.9. The molecule has 0 radical (unpaired) electrons. The minimum absolute atomic E-state index is 0.000667. The molecule has 0 aliphatic heterocycles. The minimum Gasteiger partial charge on any atom is -0.497 e. The van der Waals surface area contributed by atoms with Crippen LogP contribution in [0.25, 0.3) is 0 Å². The molecule has 29 heavy (non-hydrogen) atoms. The first-order valence-corrected chi connectivity index (χ1v) is 10.2. The van der Waals surface area contributed by atoms with Crippen LogP contribution in [0.4, 0.5) is 0 Å². The molecule has 5 nitrogen and oxygen atoms in total. The van der Waals surface area contributed by atoms with Crippen molar-refractivity contribution in [2.24, 2.45) is 0 Å². The number of nitrogens with zero attached hydrogens (tertiary/aromatic N) is 1. The number of ether oxygens (including phenoxy) is 1. The molecule has 0 bridgehead atoms. The third-order valence-corrected chi connectivity index (χ3v) is 4.65. The largest absolute Gasteiger partial charge is 0.497 e.